The van der Waals surface area contributed by atoms with E-state index >= 15 is 0 Å². The highest BCUT2D eigenvalue weighted by atomic mass is 32.2. The van der Waals surface area contributed by atoms with Gasteiger partial charge in [-0.25, -0.2) is 4.39 Å². The minimum absolute atomic E-state index is 0.187. The molecule has 4 heteroatoms. The summed E-state index contributed by atoms with van der Waals surface area (Å²) in [4.78, 5) is 0. The van der Waals surface area contributed by atoms with Gasteiger partial charge in [0.2, 0.25) is 0 Å². The lowest BCUT2D eigenvalue weighted by Gasteiger charge is -2.15. The van der Waals surface area contributed by atoms with Crippen molar-refractivity contribution in [3.63, 3.8) is 0 Å². The fraction of sp³-hybridized carbons (Fsp3) is 0.364. The third-order valence-electron chi connectivity index (χ3n) is 2.19. The van der Waals surface area contributed by atoms with Gasteiger partial charge in [0, 0.05) is 11.8 Å². The van der Waals surface area contributed by atoms with Crippen molar-refractivity contribution in [3.05, 3.63) is 35.6 Å². The first-order chi connectivity index (χ1) is 7.27. The van der Waals surface area contributed by atoms with E-state index in [2.05, 4.69) is 5.32 Å². The minimum Gasteiger partial charge on any atom is -0.313 e. The van der Waals surface area contributed by atoms with Gasteiger partial charge in [-0.05, 0) is 42.9 Å². The Morgan fingerprint density at radius 3 is 2.67 bits per heavy atom. The predicted octanol–water partition coefficient (Wildman–Crippen LogP) is 2.69. The van der Waals surface area contributed by atoms with E-state index in [0.717, 1.165) is 17.7 Å². The van der Waals surface area contributed by atoms with Crippen LogP contribution in [0.2, 0.25) is 0 Å². The molecule has 2 nitrogen and oxygen atoms in total. The van der Waals surface area contributed by atoms with E-state index in [1.54, 1.807) is 12.1 Å². The van der Waals surface area contributed by atoms with Crippen molar-refractivity contribution in [1.82, 2.24) is 5.32 Å². The third kappa shape index (κ3) is 3.90. The molecule has 80 valence electrons. The van der Waals surface area contributed by atoms with Gasteiger partial charge in [-0.3, -0.25) is 0 Å². The van der Waals surface area contributed by atoms with Crippen molar-refractivity contribution in [2.75, 3.05) is 12.8 Å². The number of thiocyanates is 1. The van der Waals surface area contributed by atoms with Crippen LogP contribution in [0.5, 0.6) is 0 Å². The molecule has 1 unspecified atom stereocenters. The molecule has 0 saturated heterocycles. The number of nitrogens with one attached hydrogen (secondary N) is 1. The first-order valence-electron chi connectivity index (χ1n) is 4.71. The number of thioether (sulfide) groups is 1. The van der Waals surface area contributed by atoms with Crippen LogP contribution < -0.4 is 5.32 Å². The van der Waals surface area contributed by atoms with Gasteiger partial charge < -0.3 is 5.32 Å². The molecule has 0 aliphatic heterocycles. The highest BCUT2D eigenvalue weighted by molar-refractivity contribution is 8.03. The molecule has 0 aliphatic rings. The van der Waals surface area contributed by atoms with Crippen LogP contribution in [0.25, 0.3) is 0 Å². The van der Waals surface area contributed by atoms with Gasteiger partial charge in [-0.2, -0.15) is 5.26 Å². The highest BCUT2D eigenvalue weighted by Crippen LogP contribution is 2.18. The Bertz CT molecular complexity index is 331. The maximum atomic E-state index is 12.7. The molecule has 0 heterocycles. The van der Waals surface area contributed by atoms with E-state index in [1.807, 2.05) is 12.4 Å². The summed E-state index contributed by atoms with van der Waals surface area (Å²) >= 11 is 1.24. The molecular weight excluding hydrogens is 211 g/mol. The van der Waals surface area contributed by atoms with Gasteiger partial charge in [0.05, 0.1) is 0 Å². The van der Waals surface area contributed by atoms with Crippen LogP contribution >= 0.6 is 11.8 Å². The molecule has 0 spiro atoms. The molecule has 0 radical (unpaired) electrons. The van der Waals surface area contributed by atoms with E-state index in [1.165, 1.54) is 23.9 Å². The van der Waals surface area contributed by atoms with Crippen LogP contribution in [0.15, 0.2) is 24.3 Å². The Morgan fingerprint density at radius 1 is 1.47 bits per heavy atom. The summed E-state index contributed by atoms with van der Waals surface area (Å²) < 4.78 is 12.7. The summed E-state index contributed by atoms with van der Waals surface area (Å²) in [5.41, 5.74) is 1.05. The smallest absolute Gasteiger partial charge is 0.133 e. The van der Waals surface area contributed by atoms with Gasteiger partial charge in [0.15, 0.2) is 0 Å². The Morgan fingerprint density at radius 2 is 2.13 bits per heavy atom. The van der Waals surface area contributed by atoms with Gasteiger partial charge >= 0.3 is 0 Å². The zero-order valence-electron chi connectivity index (χ0n) is 8.53. The zero-order chi connectivity index (χ0) is 11.1. The summed E-state index contributed by atoms with van der Waals surface area (Å²) in [5, 5.41) is 13.6. The first kappa shape index (κ1) is 12.0. The lowest BCUT2D eigenvalue weighted by molar-refractivity contribution is 0.576. The van der Waals surface area contributed by atoms with E-state index in [9.17, 15) is 4.39 Å². The molecule has 1 aromatic rings. The number of nitrogens with zero attached hydrogens (tertiary/aromatic N) is 1. The van der Waals surface area contributed by atoms with Crippen LogP contribution in [0.1, 0.15) is 18.0 Å². The maximum absolute atomic E-state index is 12.7. The molecule has 1 N–H and O–H groups in total. The average molecular weight is 224 g/mol. The molecule has 0 amide bonds. The second-order valence-electron chi connectivity index (χ2n) is 3.12. The van der Waals surface area contributed by atoms with Crippen molar-refractivity contribution in [2.45, 2.75) is 12.5 Å². The fourth-order valence-electron chi connectivity index (χ4n) is 1.40. The number of nitriles is 1. The molecule has 0 fully saturated rings. The Balaban J connectivity index is 2.58. The number of hydrogen-bond donors (Lipinski definition) is 1. The SMILES string of the molecule is CNC(CCSC#N)c1ccc(F)cc1. The first-order valence-corrected chi connectivity index (χ1v) is 5.70. The molecule has 0 aromatic heterocycles. The maximum Gasteiger partial charge on any atom is 0.133 e. The van der Waals surface area contributed by atoms with Crippen LogP contribution in [0, 0.1) is 16.5 Å². The second kappa shape index (κ2) is 6.44. The van der Waals surface area contributed by atoms with Crippen LogP contribution in [-0.4, -0.2) is 12.8 Å². The second-order valence-corrected chi connectivity index (χ2v) is 4.00. The fourth-order valence-corrected chi connectivity index (χ4v) is 1.84. The summed E-state index contributed by atoms with van der Waals surface area (Å²) in [7, 11) is 1.87. The topological polar surface area (TPSA) is 35.8 Å². The zero-order valence-corrected chi connectivity index (χ0v) is 9.35. The lowest BCUT2D eigenvalue weighted by Crippen LogP contribution is -2.16. The largest absolute Gasteiger partial charge is 0.313 e. The summed E-state index contributed by atoms with van der Waals surface area (Å²) in [6, 6.07) is 6.64. The Kier molecular flexibility index (Phi) is 5.16. The molecule has 1 rings (SSSR count). The molecule has 1 aromatic carbocycles. The molecule has 0 bridgehead atoms. The Hall–Kier alpha value is -1.05. The van der Waals surface area contributed by atoms with Gasteiger partial charge in [0.25, 0.3) is 0 Å². The standard InChI is InChI=1S/C11H13FN2S/c1-14-11(6-7-15-8-13)9-2-4-10(12)5-3-9/h2-5,11,14H,6-7H2,1H3. The molecule has 0 aliphatic carbocycles. The highest BCUT2D eigenvalue weighted by Gasteiger charge is 2.08. The average Bonchev–Trinajstić information content (AvgIpc) is 2.26. The minimum atomic E-state index is -0.222. The summed E-state index contributed by atoms with van der Waals surface area (Å²) in [6.07, 6.45) is 0.861. The molecule has 0 saturated carbocycles. The number of hydrogen-bond acceptors (Lipinski definition) is 3. The normalized spacial score (nSPS) is 12.1. The van der Waals surface area contributed by atoms with Crippen LogP contribution in [0.3, 0.4) is 0 Å². The van der Waals surface area contributed by atoms with Crippen molar-refractivity contribution in [1.29, 1.82) is 5.26 Å². The molecular formula is C11H13FN2S. The van der Waals surface area contributed by atoms with Crippen molar-refractivity contribution < 1.29 is 4.39 Å². The van der Waals surface area contributed by atoms with E-state index in [0.29, 0.717) is 0 Å². The van der Waals surface area contributed by atoms with Crippen molar-refractivity contribution in [2.24, 2.45) is 0 Å². The van der Waals surface area contributed by atoms with Crippen LogP contribution in [0.4, 0.5) is 4.39 Å². The van der Waals surface area contributed by atoms with E-state index < -0.39 is 0 Å². The molecule has 15 heavy (non-hydrogen) atoms. The number of rotatable bonds is 5. The van der Waals surface area contributed by atoms with Crippen molar-refractivity contribution >= 4 is 11.8 Å². The summed E-state index contributed by atoms with van der Waals surface area (Å²) in [6.45, 7) is 0. The van der Waals surface area contributed by atoms with Crippen LogP contribution in [-0.2, 0) is 0 Å². The monoisotopic (exact) mass is 224 g/mol. The third-order valence-corrected chi connectivity index (χ3v) is 2.76. The molecule has 1 atom stereocenters. The lowest BCUT2D eigenvalue weighted by atomic mass is 10.1. The van der Waals surface area contributed by atoms with E-state index in [4.69, 9.17) is 5.26 Å². The number of benzene rings is 1. The van der Waals surface area contributed by atoms with Gasteiger partial charge in [-0.15, -0.1) is 0 Å². The predicted molar refractivity (Wildman–Crippen MR) is 60.9 cm³/mol. The quantitative estimate of drug-likeness (QED) is 0.617. The Labute approximate surface area is 93.5 Å². The van der Waals surface area contributed by atoms with Crippen molar-refractivity contribution in [3.8, 4) is 5.40 Å². The van der Waals surface area contributed by atoms with Gasteiger partial charge in [0.1, 0.15) is 11.2 Å². The number of halogens is 1. The van der Waals surface area contributed by atoms with Gasteiger partial charge in [-0.1, -0.05) is 12.1 Å². The van der Waals surface area contributed by atoms with E-state index in [-0.39, 0.29) is 11.9 Å². The summed E-state index contributed by atoms with van der Waals surface area (Å²) in [5.74, 6) is 0.555.